The maximum Gasteiger partial charge on any atom is 0.316 e. The van der Waals surface area contributed by atoms with Crippen LogP contribution in [0.1, 0.15) is 73.6 Å². The number of esters is 1. The van der Waals surface area contributed by atoms with Crippen LogP contribution in [-0.4, -0.2) is 75.9 Å². The van der Waals surface area contributed by atoms with Gasteiger partial charge in [-0.2, -0.15) is 0 Å². The van der Waals surface area contributed by atoms with Crippen molar-refractivity contribution >= 4 is 5.97 Å². The molecule has 0 radical (unpaired) electrons. The molecule has 11 atom stereocenters. The highest BCUT2D eigenvalue weighted by molar-refractivity contribution is 5.78. The number of carbonyl (C=O) groups is 1. The number of hydrogen-bond donors (Lipinski definition) is 3. The average molecular weight is 573 g/mol. The molecule has 2 bridgehead atoms. The molecule has 3 fully saturated rings. The summed E-state index contributed by atoms with van der Waals surface area (Å²) in [6.45, 7) is 12.2. The molecule has 0 saturated carbocycles. The molecule has 0 aromatic heterocycles. The molecule has 8 heteroatoms. The first-order chi connectivity index (χ1) is 19.3. The van der Waals surface area contributed by atoms with E-state index in [1.165, 1.54) is 0 Å². The van der Waals surface area contributed by atoms with Crippen molar-refractivity contribution in [3.63, 3.8) is 0 Å². The summed E-state index contributed by atoms with van der Waals surface area (Å²) in [4.78, 5) is 13.9. The highest BCUT2D eigenvalue weighted by atomic mass is 16.7. The first kappa shape index (κ1) is 30.6. The van der Waals surface area contributed by atoms with E-state index in [4.69, 9.17) is 18.9 Å². The van der Waals surface area contributed by atoms with Crippen molar-refractivity contribution in [3.05, 3.63) is 47.1 Å². The molecule has 41 heavy (non-hydrogen) atoms. The third-order valence-electron chi connectivity index (χ3n) is 9.93. The fourth-order valence-electron chi connectivity index (χ4n) is 7.44. The molecule has 0 aromatic rings. The Hall–Kier alpha value is -1.81. The minimum atomic E-state index is -1.75. The van der Waals surface area contributed by atoms with Gasteiger partial charge in [-0.15, -0.1) is 0 Å². The van der Waals surface area contributed by atoms with Crippen molar-refractivity contribution in [2.75, 3.05) is 6.61 Å². The SMILES string of the molecule is CC1=C[C@H]2C(=O)O[C@H]3C[C@@H](C/C=C(/C)[C@@H](O)[C@@H](C)/C=C\C=C4CO[C@H]([C@@H]1O)[C@@]42O)O[C@@]1(CC[C@H](C)[C@@H](C(C)C)O1)C3. The van der Waals surface area contributed by atoms with E-state index < -0.39 is 47.7 Å². The maximum atomic E-state index is 13.9. The number of aliphatic hydroxyl groups excluding tert-OH is 2. The highest BCUT2D eigenvalue weighted by Crippen LogP contribution is 2.47. The molecule has 5 aliphatic rings. The minimum Gasteiger partial charge on any atom is -0.462 e. The fourth-order valence-corrected chi connectivity index (χ4v) is 7.44. The lowest BCUT2D eigenvalue weighted by Crippen LogP contribution is -2.58. The van der Waals surface area contributed by atoms with Crippen LogP contribution in [0, 0.1) is 23.7 Å². The normalized spacial score (nSPS) is 47.6. The van der Waals surface area contributed by atoms with E-state index in [0.717, 1.165) is 12.0 Å². The molecular formula is C33H48O8. The summed E-state index contributed by atoms with van der Waals surface area (Å²) in [6, 6.07) is 0. The summed E-state index contributed by atoms with van der Waals surface area (Å²) in [5.41, 5.74) is 0.152. The van der Waals surface area contributed by atoms with Crippen molar-refractivity contribution in [2.24, 2.45) is 23.7 Å². The third-order valence-corrected chi connectivity index (χ3v) is 9.93. The second kappa shape index (κ2) is 11.7. The Balaban J connectivity index is 1.53. The smallest absolute Gasteiger partial charge is 0.316 e. The Morgan fingerprint density at radius 3 is 2.54 bits per heavy atom. The molecule has 1 spiro atoms. The van der Waals surface area contributed by atoms with Gasteiger partial charge in [0.15, 0.2) is 5.79 Å². The number of allylic oxidation sites excluding steroid dienone is 2. The maximum absolute atomic E-state index is 13.9. The number of rotatable bonds is 1. The molecule has 0 unspecified atom stereocenters. The van der Waals surface area contributed by atoms with Crippen LogP contribution in [0.5, 0.6) is 0 Å². The van der Waals surface area contributed by atoms with E-state index in [1.54, 1.807) is 25.2 Å². The Kier molecular flexibility index (Phi) is 8.74. The van der Waals surface area contributed by atoms with E-state index >= 15 is 0 Å². The zero-order chi connectivity index (χ0) is 29.7. The summed E-state index contributed by atoms with van der Waals surface area (Å²) in [6.07, 6.45) is 8.69. The first-order valence-electron chi connectivity index (χ1n) is 15.3. The summed E-state index contributed by atoms with van der Waals surface area (Å²) in [5.74, 6) is -1.94. The lowest BCUT2D eigenvalue weighted by molar-refractivity contribution is -0.340. The zero-order valence-corrected chi connectivity index (χ0v) is 25.3. The van der Waals surface area contributed by atoms with Gasteiger partial charge in [-0.25, -0.2) is 0 Å². The lowest BCUT2D eigenvalue weighted by atomic mass is 9.71. The van der Waals surface area contributed by atoms with E-state index in [2.05, 4.69) is 20.8 Å². The van der Waals surface area contributed by atoms with Gasteiger partial charge < -0.3 is 34.3 Å². The van der Waals surface area contributed by atoms with Crippen molar-refractivity contribution in [1.82, 2.24) is 0 Å². The van der Waals surface area contributed by atoms with Crippen LogP contribution >= 0.6 is 0 Å². The summed E-state index contributed by atoms with van der Waals surface area (Å²) < 4.78 is 25.5. The van der Waals surface area contributed by atoms with Crippen LogP contribution in [0.3, 0.4) is 0 Å². The molecule has 8 nitrogen and oxygen atoms in total. The van der Waals surface area contributed by atoms with Gasteiger partial charge in [0, 0.05) is 25.2 Å². The number of fused-ring (bicyclic) bond motifs is 2. The van der Waals surface area contributed by atoms with Gasteiger partial charge in [0.05, 0.1) is 24.9 Å². The van der Waals surface area contributed by atoms with Crippen LogP contribution in [0.25, 0.3) is 0 Å². The Morgan fingerprint density at radius 2 is 1.80 bits per heavy atom. The average Bonchev–Trinajstić information content (AvgIpc) is 3.26. The van der Waals surface area contributed by atoms with Crippen LogP contribution in [-0.2, 0) is 23.7 Å². The van der Waals surface area contributed by atoms with Gasteiger partial charge in [-0.3, -0.25) is 4.79 Å². The van der Waals surface area contributed by atoms with Gasteiger partial charge in [0.25, 0.3) is 0 Å². The highest BCUT2D eigenvalue weighted by Gasteiger charge is 2.60. The van der Waals surface area contributed by atoms with Crippen LogP contribution in [0.15, 0.2) is 47.1 Å². The summed E-state index contributed by atoms with van der Waals surface area (Å²) >= 11 is 0. The van der Waals surface area contributed by atoms with Gasteiger partial charge in [0.2, 0.25) is 0 Å². The molecule has 4 heterocycles. The number of hydrogen-bond acceptors (Lipinski definition) is 8. The summed E-state index contributed by atoms with van der Waals surface area (Å²) in [5, 5.41) is 34.0. The third kappa shape index (κ3) is 5.76. The van der Waals surface area contributed by atoms with Crippen LogP contribution in [0.4, 0.5) is 0 Å². The number of aliphatic hydroxyl groups is 3. The largest absolute Gasteiger partial charge is 0.462 e. The van der Waals surface area contributed by atoms with E-state index in [0.29, 0.717) is 48.7 Å². The molecule has 228 valence electrons. The number of carbonyl (C=O) groups excluding carboxylic acids is 1. The van der Waals surface area contributed by atoms with E-state index in [9.17, 15) is 20.1 Å². The standard InChI is InChI=1S/C33H48O8/c1-18(2)29-21(5)12-13-32(41-29)16-25-15-24(40-32)11-10-20(4)27(34)19(3)8-7-9-23-17-38-30-28(35)22(6)14-26(31(36)39-25)33(23,30)37/h7-10,14,18-19,21,24-30,34-35,37H,11-13,15-17H2,1-6H3/b8-7-,20-10-,23-9?/t19-,21-,24+,25-,26-,27-,28+,29+,30+,32+,33+/m0/s1. The van der Waals surface area contributed by atoms with Crippen molar-refractivity contribution in [3.8, 4) is 0 Å². The first-order valence-corrected chi connectivity index (χ1v) is 15.3. The van der Waals surface area contributed by atoms with Crippen molar-refractivity contribution < 1.29 is 39.1 Å². The quantitative estimate of drug-likeness (QED) is 0.317. The monoisotopic (exact) mass is 572 g/mol. The van der Waals surface area contributed by atoms with E-state index in [1.807, 2.05) is 26.0 Å². The second-order valence-corrected chi connectivity index (χ2v) is 13.4. The Labute approximate surface area is 244 Å². The minimum absolute atomic E-state index is 0.0265. The molecule has 3 N–H and O–H groups in total. The topological polar surface area (TPSA) is 115 Å². The molecule has 4 aliphatic heterocycles. The molecular weight excluding hydrogens is 524 g/mol. The molecule has 0 amide bonds. The Bertz CT molecular complexity index is 1120. The number of ether oxygens (including phenoxy) is 4. The molecule has 5 rings (SSSR count). The zero-order valence-electron chi connectivity index (χ0n) is 25.3. The predicted octanol–water partition coefficient (Wildman–Crippen LogP) is 4.14. The van der Waals surface area contributed by atoms with Gasteiger partial charge in [-0.1, -0.05) is 58.1 Å². The lowest BCUT2D eigenvalue weighted by Gasteiger charge is -2.50. The molecule has 0 aromatic carbocycles. The van der Waals surface area contributed by atoms with Crippen molar-refractivity contribution in [1.29, 1.82) is 0 Å². The fraction of sp³-hybridized carbons (Fsp3) is 0.727. The van der Waals surface area contributed by atoms with Gasteiger partial charge >= 0.3 is 5.97 Å². The summed E-state index contributed by atoms with van der Waals surface area (Å²) in [7, 11) is 0. The van der Waals surface area contributed by atoms with Crippen LogP contribution < -0.4 is 0 Å². The second-order valence-electron chi connectivity index (χ2n) is 13.4. The van der Waals surface area contributed by atoms with Crippen molar-refractivity contribution in [2.45, 2.75) is 122 Å². The molecule has 3 saturated heterocycles. The predicted molar refractivity (Wildman–Crippen MR) is 154 cm³/mol. The molecule has 1 aliphatic carbocycles. The van der Waals surface area contributed by atoms with E-state index in [-0.39, 0.29) is 24.7 Å². The van der Waals surface area contributed by atoms with Gasteiger partial charge in [0.1, 0.15) is 29.8 Å². The van der Waals surface area contributed by atoms with Gasteiger partial charge in [-0.05, 0) is 55.2 Å². The Morgan fingerprint density at radius 1 is 1.05 bits per heavy atom. The van der Waals surface area contributed by atoms with Crippen LogP contribution in [0.2, 0.25) is 0 Å².